The molecule has 1 aliphatic rings. The van der Waals surface area contributed by atoms with Crippen LogP contribution in [0, 0.1) is 0 Å². The second-order valence-electron chi connectivity index (χ2n) is 7.15. The molecule has 3 N–H and O–H groups in total. The number of ether oxygens (including phenoxy) is 1. The SMILES string of the molecule is OB(O)C(Cc1coc2ccccc12)ONSCc1ccc(C2CCCO2)cc1. The highest BCUT2D eigenvalue weighted by molar-refractivity contribution is 7.96. The third-order valence-electron chi connectivity index (χ3n) is 5.09. The van der Waals surface area contributed by atoms with E-state index in [4.69, 9.17) is 14.0 Å². The van der Waals surface area contributed by atoms with Crippen LogP contribution < -0.4 is 4.89 Å². The van der Waals surface area contributed by atoms with Gasteiger partial charge < -0.3 is 19.2 Å². The van der Waals surface area contributed by atoms with Gasteiger partial charge >= 0.3 is 7.12 Å². The lowest BCUT2D eigenvalue weighted by Gasteiger charge is -2.16. The fraction of sp³-hybridized carbons (Fsp3) is 0.333. The molecule has 1 aliphatic heterocycles. The number of para-hydroxylation sites is 1. The van der Waals surface area contributed by atoms with Gasteiger partial charge in [0.05, 0.1) is 12.4 Å². The van der Waals surface area contributed by atoms with Crippen LogP contribution in [-0.4, -0.2) is 29.8 Å². The fourth-order valence-corrected chi connectivity index (χ4v) is 4.10. The van der Waals surface area contributed by atoms with Crippen molar-refractivity contribution in [3.63, 3.8) is 0 Å². The molecule has 2 heterocycles. The predicted octanol–water partition coefficient (Wildman–Crippen LogP) is 3.58. The Morgan fingerprint density at radius 1 is 1.17 bits per heavy atom. The van der Waals surface area contributed by atoms with E-state index in [0.717, 1.165) is 41.5 Å². The molecule has 29 heavy (non-hydrogen) atoms. The summed E-state index contributed by atoms with van der Waals surface area (Å²) in [5.74, 6) is 0.689. The van der Waals surface area contributed by atoms with Crippen molar-refractivity contribution in [3.05, 3.63) is 71.5 Å². The first kappa shape index (κ1) is 20.5. The van der Waals surface area contributed by atoms with Crippen LogP contribution in [-0.2, 0) is 21.7 Å². The first-order valence-electron chi connectivity index (χ1n) is 9.75. The highest BCUT2D eigenvalue weighted by Gasteiger charge is 2.27. The number of benzene rings is 2. The third kappa shape index (κ3) is 5.22. The first-order chi connectivity index (χ1) is 14.2. The quantitative estimate of drug-likeness (QED) is 0.214. The molecule has 1 saturated heterocycles. The van der Waals surface area contributed by atoms with Crippen LogP contribution in [0.25, 0.3) is 11.0 Å². The zero-order chi connectivity index (χ0) is 20.1. The van der Waals surface area contributed by atoms with Crippen LogP contribution >= 0.6 is 11.9 Å². The van der Waals surface area contributed by atoms with Gasteiger partial charge in [-0.1, -0.05) is 54.4 Å². The molecule has 0 aliphatic carbocycles. The van der Waals surface area contributed by atoms with Gasteiger partial charge in [-0.05, 0) is 30.0 Å². The molecule has 0 radical (unpaired) electrons. The highest BCUT2D eigenvalue weighted by Crippen LogP contribution is 2.29. The van der Waals surface area contributed by atoms with Gasteiger partial charge in [-0.3, -0.25) is 4.84 Å². The largest absolute Gasteiger partial charge is 0.485 e. The van der Waals surface area contributed by atoms with E-state index in [-0.39, 0.29) is 6.10 Å². The van der Waals surface area contributed by atoms with E-state index in [1.165, 1.54) is 17.5 Å². The standard InChI is InChI=1S/C21H24BNO5S/c24-22(25)21(12-17-13-27-20-5-2-1-4-18(17)20)28-23-29-14-15-7-9-16(10-8-15)19-6-3-11-26-19/h1-2,4-5,7-10,13,19,21,23-25H,3,6,11-12,14H2. The molecular formula is C21H24BNO5S. The second kappa shape index (κ2) is 9.80. The molecule has 6 nitrogen and oxygen atoms in total. The normalized spacial score (nSPS) is 17.7. The number of furan rings is 1. The maximum absolute atomic E-state index is 9.67. The summed E-state index contributed by atoms with van der Waals surface area (Å²) in [4.78, 5) is 8.29. The van der Waals surface area contributed by atoms with Crippen molar-refractivity contribution >= 4 is 30.0 Å². The van der Waals surface area contributed by atoms with Gasteiger partial charge in [0.25, 0.3) is 0 Å². The molecule has 1 aromatic heterocycles. The summed E-state index contributed by atoms with van der Waals surface area (Å²) in [5.41, 5.74) is 4.00. The van der Waals surface area contributed by atoms with E-state index in [9.17, 15) is 10.0 Å². The Morgan fingerprint density at radius 3 is 2.76 bits per heavy atom. The lowest BCUT2D eigenvalue weighted by molar-refractivity contribution is 0.0507. The van der Waals surface area contributed by atoms with E-state index in [2.05, 4.69) is 29.2 Å². The molecule has 2 aromatic carbocycles. The first-order valence-corrected chi connectivity index (χ1v) is 10.7. The van der Waals surface area contributed by atoms with Gasteiger partial charge in [-0.25, -0.2) is 0 Å². The molecule has 2 atom stereocenters. The highest BCUT2D eigenvalue weighted by atomic mass is 32.2. The van der Waals surface area contributed by atoms with Gasteiger partial charge in [0.2, 0.25) is 0 Å². The Hall–Kier alpha value is -1.81. The molecule has 2 unspecified atom stereocenters. The summed E-state index contributed by atoms with van der Waals surface area (Å²) < 4.78 is 11.2. The van der Waals surface area contributed by atoms with Crippen molar-refractivity contribution in [2.24, 2.45) is 0 Å². The average Bonchev–Trinajstić information content (AvgIpc) is 3.41. The van der Waals surface area contributed by atoms with Crippen LogP contribution in [0.1, 0.15) is 35.6 Å². The summed E-state index contributed by atoms with van der Waals surface area (Å²) in [7, 11) is -1.61. The molecule has 4 rings (SSSR count). The van der Waals surface area contributed by atoms with Crippen LogP contribution in [0.5, 0.6) is 0 Å². The van der Waals surface area contributed by atoms with Crippen molar-refractivity contribution in [1.29, 1.82) is 0 Å². The molecule has 1 fully saturated rings. The lowest BCUT2D eigenvalue weighted by atomic mass is 9.78. The molecule has 152 valence electrons. The number of nitrogens with one attached hydrogen (secondary N) is 1. The molecule has 3 aromatic rings. The number of rotatable bonds is 9. The van der Waals surface area contributed by atoms with Gasteiger partial charge in [0.1, 0.15) is 11.6 Å². The Bertz CT molecular complexity index is 911. The van der Waals surface area contributed by atoms with Gasteiger partial charge in [-0.2, -0.15) is 0 Å². The van der Waals surface area contributed by atoms with Gasteiger partial charge in [0.15, 0.2) is 0 Å². The predicted molar refractivity (Wildman–Crippen MR) is 114 cm³/mol. The van der Waals surface area contributed by atoms with Crippen LogP contribution in [0.2, 0.25) is 0 Å². The average molecular weight is 413 g/mol. The van der Waals surface area contributed by atoms with E-state index in [0.29, 0.717) is 12.2 Å². The zero-order valence-corrected chi connectivity index (χ0v) is 16.8. The smallest absolute Gasteiger partial charge is 0.464 e. The van der Waals surface area contributed by atoms with Crippen molar-refractivity contribution in [3.8, 4) is 0 Å². The molecule has 8 heteroatoms. The number of hydrogen-bond donors (Lipinski definition) is 3. The Labute approximate surface area is 174 Å². The topological polar surface area (TPSA) is 84.1 Å². The maximum Gasteiger partial charge on any atom is 0.485 e. The Kier molecular flexibility index (Phi) is 6.92. The van der Waals surface area contributed by atoms with Crippen LogP contribution in [0.15, 0.2) is 59.2 Å². The fourth-order valence-electron chi connectivity index (χ4n) is 3.49. The molecule has 0 bridgehead atoms. The zero-order valence-electron chi connectivity index (χ0n) is 16.0. The lowest BCUT2D eigenvalue weighted by Crippen LogP contribution is -2.38. The Morgan fingerprint density at radius 2 is 2.00 bits per heavy atom. The summed E-state index contributed by atoms with van der Waals surface area (Å²) in [6, 6.07) is 15.2. The summed E-state index contributed by atoms with van der Waals surface area (Å²) in [5, 5.41) is 20.3. The van der Waals surface area contributed by atoms with Gasteiger partial charge in [0, 0.05) is 29.7 Å². The van der Waals surface area contributed by atoms with E-state index in [1.54, 1.807) is 6.26 Å². The molecular weight excluding hydrogens is 389 g/mol. The van der Waals surface area contributed by atoms with Crippen molar-refractivity contribution < 1.29 is 24.0 Å². The van der Waals surface area contributed by atoms with Crippen LogP contribution in [0.4, 0.5) is 0 Å². The minimum atomic E-state index is -1.61. The van der Waals surface area contributed by atoms with Gasteiger partial charge in [-0.15, -0.1) is 4.89 Å². The van der Waals surface area contributed by atoms with Crippen molar-refractivity contribution in [1.82, 2.24) is 4.89 Å². The second-order valence-corrected chi connectivity index (χ2v) is 7.89. The summed E-state index contributed by atoms with van der Waals surface area (Å²) in [6.45, 7) is 0.843. The minimum Gasteiger partial charge on any atom is -0.464 e. The minimum absolute atomic E-state index is 0.226. The van der Waals surface area contributed by atoms with Crippen LogP contribution in [0.3, 0.4) is 0 Å². The maximum atomic E-state index is 9.67. The Balaban J connectivity index is 1.26. The third-order valence-corrected chi connectivity index (χ3v) is 5.78. The van der Waals surface area contributed by atoms with Crippen molar-refractivity contribution in [2.75, 3.05) is 6.61 Å². The van der Waals surface area contributed by atoms with Crippen molar-refractivity contribution in [2.45, 2.75) is 37.1 Å². The van der Waals surface area contributed by atoms with E-state index >= 15 is 0 Å². The molecule has 0 spiro atoms. The monoisotopic (exact) mass is 413 g/mol. The van der Waals surface area contributed by atoms with E-state index in [1.807, 2.05) is 24.3 Å². The molecule has 0 amide bonds. The number of hydrogen-bond acceptors (Lipinski definition) is 7. The van der Waals surface area contributed by atoms with E-state index < -0.39 is 13.1 Å². The number of fused-ring (bicyclic) bond motifs is 1. The molecule has 0 saturated carbocycles. The summed E-state index contributed by atoms with van der Waals surface area (Å²) >= 11 is 1.36. The summed E-state index contributed by atoms with van der Waals surface area (Å²) in [6.07, 6.45) is 4.38.